The van der Waals surface area contributed by atoms with Gasteiger partial charge >= 0.3 is 0 Å². The predicted molar refractivity (Wildman–Crippen MR) is 136 cm³/mol. The van der Waals surface area contributed by atoms with E-state index in [1.807, 2.05) is 6.07 Å². The fourth-order valence-corrected chi connectivity index (χ4v) is 5.40. The number of carbonyl (C=O) groups is 2. The fraction of sp³-hybridized carbons (Fsp3) is 0.200. The first-order valence-electron chi connectivity index (χ1n) is 10.7. The van der Waals surface area contributed by atoms with E-state index in [0.29, 0.717) is 0 Å². The first-order valence-corrected chi connectivity index (χ1v) is 13.0. The van der Waals surface area contributed by atoms with E-state index in [-0.39, 0.29) is 17.1 Å². The molecule has 3 rings (SSSR count). The summed E-state index contributed by atoms with van der Waals surface area (Å²) in [4.78, 5) is 27.2. The van der Waals surface area contributed by atoms with Gasteiger partial charge in [-0.3, -0.25) is 13.9 Å². The number of hydrogen-bond acceptors (Lipinski definition) is 4. The van der Waals surface area contributed by atoms with Gasteiger partial charge in [-0.25, -0.2) is 12.8 Å². The second kappa shape index (κ2) is 11.5. The van der Waals surface area contributed by atoms with Crippen molar-refractivity contribution in [3.8, 4) is 0 Å². The van der Waals surface area contributed by atoms with E-state index in [9.17, 15) is 22.4 Å². The van der Waals surface area contributed by atoms with Crippen molar-refractivity contribution in [2.75, 3.05) is 17.9 Å². The van der Waals surface area contributed by atoms with E-state index < -0.39 is 40.2 Å². The van der Waals surface area contributed by atoms with Crippen molar-refractivity contribution >= 4 is 43.5 Å². The van der Waals surface area contributed by atoms with Gasteiger partial charge in [0.15, 0.2) is 0 Å². The lowest BCUT2D eigenvalue weighted by Crippen LogP contribution is -2.50. The van der Waals surface area contributed by atoms with Gasteiger partial charge in [-0.15, -0.1) is 0 Å². The van der Waals surface area contributed by atoms with Crippen molar-refractivity contribution in [3.63, 3.8) is 0 Å². The van der Waals surface area contributed by atoms with Gasteiger partial charge in [-0.2, -0.15) is 0 Å². The van der Waals surface area contributed by atoms with Gasteiger partial charge in [0.05, 0.1) is 10.6 Å². The molecule has 0 fully saturated rings. The monoisotopic (exact) mass is 561 g/mol. The molecule has 0 saturated heterocycles. The lowest BCUT2D eigenvalue weighted by atomic mass is 10.1. The molecule has 3 aromatic rings. The van der Waals surface area contributed by atoms with Gasteiger partial charge in [0.25, 0.3) is 10.0 Å². The summed E-state index contributed by atoms with van der Waals surface area (Å²) in [5.41, 5.74) is 0.464. The summed E-state index contributed by atoms with van der Waals surface area (Å²) in [6.45, 7) is 0.894. The molecule has 7 nitrogen and oxygen atoms in total. The summed E-state index contributed by atoms with van der Waals surface area (Å²) in [6.07, 6.45) is 0. The minimum Gasteiger partial charge on any atom is -0.357 e. The third kappa shape index (κ3) is 6.26. The van der Waals surface area contributed by atoms with Gasteiger partial charge in [-0.1, -0.05) is 58.4 Å². The van der Waals surface area contributed by atoms with E-state index in [0.717, 1.165) is 20.4 Å². The SMILES string of the molecule is CNC(=O)[C@H](C)N(Cc1cccc(Br)c1)C(=O)CN(c1ccccc1F)S(=O)(=O)c1ccccc1. The van der Waals surface area contributed by atoms with Crippen LogP contribution in [0.5, 0.6) is 0 Å². The van der Waals surface area contributed by atoms with E-state index in [1.165, 1.54) is 42.3 Å². The molecule has 0 unspecified atom stereocenters. The molecular weight excluding hydrogens is 537 g/mol. The zero-order valence-corrected chi connectivity index (χ0v) is 21.6. The number of benzene rings is 3. The molecule has 10 heteroatoms. The molecule has 35 heavy (non-hydrogen) atoms. The first-order chi connectivity index (χ1) is 16.6. The maximum atomic E-state index is 14.8. The average Bonchev–Trinajstić information content (AvgIpc) is 2.85. The standard InChI is InChI=1S/C25H25BrFN3O4S/c1-18(25(32)28-2)29(16-19-9-8-10-20(26)15-19)24(31)17-30(23-14-7-6-13-22(23)27)35(33,34)21-11-4-3-5-12-21/h3-15,18H,16-17H2,1-2H3,(H,28,32)/t18-/m0/s1. The smallest absolute Gasteiger partial charge is 0.264 e. The van der Waals surface area contributed by atoms with Crippen LogP contribution in [0.25, 0.3) is 0 Å². The number of anilines is 1. The predicted octanol–water partition coefficient (Wildman–Crippen LogP) is 3.95. The molecule has 0 bridgehead atoms. The van der Waals surface area contributed by atoms with Crippen LogP contribution >= 0.6 is 15.9 Å². The quantitative estimate of drug-likeness (QED) is 0.428. The number of rotatable bonds is 9. The number of nitrogens with one attached hydrogen (secondary N) is 1. The van der Waals surface area contributed by atoms with Gasteiger partial charge in [0.1, 0.15) is 18.4 Å². The number of para-hydroxylation sites is 1. The van der Waals surface area contributed by atoms with Crippen molar-refractivity contribution in [1.82, 2.24) is 10.2 Å². The molecule has 0 aliphatic rings. The summed E-state index contributed by atoms with van der Waals surface area (Å²) in [5, 5.41) is 2.51. The van der Waals surface area contributed by atoms with Crippen LogP contribution in [-0.2, 0) is 26.2 Å². The summed E-state index contributed by atoms with van der Waals surface area (Å²) >= 11 is 3.39. The van der Waals surface area contributed by atoms with Crippen molar-refractivity contribution in [1.29, 1.82) is 0 Å². The van der Waals surface area contributed by atoms with Gasteiger partial charge in [0.2, 0.25) is 11.8 Å². The number of halogens is 2. The van der Waals surface area contributed by atoms with Crippen LogP contribution in [-0.4, -0.2) is 44.8 Å². The zero-order valence-electron chi connectivity index (χ0n) is 19.2. The zero-order chi connectivity index (χ0) is 25.6. The van der Waals surface area contributed by atoms with E-state index in [4.69, 9.17) is 0 Å². The number of nitrogens with zero attached hydrogens (tertiary/aromatic N) is 2. The summed E-state index contributed by atoms with van der Waals surface area (Å²) in [5.74, 6) is -1.88. The van der Waals surface area contributed by atoms with Crippen LogP contribution in [0, 0.1) is 5.82 Å². The highest BCUT2D eigenvalue weighted by atomic mass is 79.9. The number of carbonyl (C=O) groups excluding carboxylic acids is 2. The maximum absolute atomic E-state index is 14.8. The Bertz CT molecular complexity index is 1300. The van der Waals surface area contributed by atoms with Crippen LogP contribution in [0.1, 0.15) is 12.5 Å². The third-order valence-electron chi connectivity index (χ3n) is 5.39. The second-order valence-electron chi connectivity index (χ2n) is 7.72. The molecule has 3 aromatic carbocycles. The Kier molecular flexibility index (Phi) is 8.63. The van der Waals surface area contributed by atoms with Gasteiger partial charge in [0, 0.05) is 18.1 Å². The number of amides is 2. The highest BCUT2D eigenvalue weighted by Crippen LogP contribution is 2.27. The Hall–Kier alpha value is -3.24. The molecule has 2 amide bonds. The van der Waals surface area contributed by atoms with Crippen molar-refractivity contribution < 1.29 is 22.4 Å². The first kappa shape index (κ1) is 26.4. The van der Waals surface area contributed by atoms with Gasteiger partial charge in [-0.05, 0) is 48.9 Å². The molecule has 0 saturated carbocycles. The molecule has 0 aliphatic carbocycles. The normalized spacial score (nSPS) is 12.0. The van der Waals surface area contributed by atoms with Crippen LogP contribution in [0.2, 0.25) is 0 Å². The topological polar surface area (TPSA) is 86.8 Å². The Balaban J connectivity index is 2.04. The van der Waals surface area contributed by atoms with Gasteiger partial charge < -0.3 is 10.2 Å². The highest BCUT2D eigenvalue weighted by Gasteiger charge is 2.33. The molecule has 0 aromatic heterocycles. The van der Waals surface area contributed by atoms with Crippen LogP contribution in [0.15, 0.2) is 88.2 Å². The molecule has 184 valence electrons. The minimum atomic E-state index is -4.30. The van der Waals surface area contributed by atoms with Crippen LogP contribution in [0.3, 0.4) is 0 Å². The Morgan fingerprint density at radius 3 is 2.29 bits per heavy atom. The van der Waals surface area contributed by atoms with Crippen LogP contribution in [0.4, 0.5) is 10.1 Å². The van der Waals surface area contributed by atoms with Crippen molar-refractivity contribution in [2.45, 2.75) is 24.4 Å². The van der Waals surface area contributed by atoms with Crippen molar-refractivity contribution in [3.05, 3.63) is 94.7 Å². The van der Waals surface area contributed by atoms with E-state index in [2.05, 4.69) is 21.2 Å². The molecule has 1 atom stereocenters. The second-order valence-corrected chi connectivity index (χ2v) is 10.5. The summed E-state index contributed by atoms with van der Waals surface area (Å²) in [6, 6.07) is 19.1. The number of hydrogen-bond donors (Lipinski definition) is 1. The highest BCUT2D eigenvalue weighted by molar-refractivity contribution is 9.10. The number of likely N-dealkylation sites (N-methyl/N-ethyl adjacent to an activating group) is 1. The third-order valence-corrected chi connectivity index (χ3v) is 7.65. The van der Waals surface area contributed by atoms with E-state index in [1.54, 1.807) is 43.3 Å². The fourth-order valence-electron chi connectivity index (χ4n) is 3.51. The maximum Gasteiger partial charge on any atom is 0.264 e. The lowest BCUT2D eigenvalue weighted by molar-refractivity contribution is -0.139. The average molecular weight is 562 g/mol. The van der Waals surface area contributed by atoms with Crippen LogP contribution < -0.4 is 9.62 Å². The lowest BCUT2D eigenvalue weighted by Gasteiger charge is -2.31. The van der Waals surface area contributed by atoms with Crippen molar-refractivity contribution in [2.24, 2.45) is 0 Å². The Morgan fingerprint density at radius 2 is 1.66 bits per heavy atom. The molecule has 1 N–H and O–H groups in total. The molecule has 0 aliphatic heterocycles. The Labute approximate surface area is 212 Å². The minimum absolute atomic E-state index is 0.0450. The summed E-state index contributed by atoms with van der Waals surface area (Å²) in [7, 11) is -2.85. The molecular formula is C25H25BrFN3O4S. The van der Waals surface area contributed by atoms with E-state index >= 15 is 0 Å². The molecule has 0 radical (unpaired) electrons. The summed E-state index contributed by atoms with van der Waals surface area (Å²) < 4.78 is 43.3. The largest absolute Gasteiger partial charge is 0.357 e. The molecule has 0 spiro atoms. The molecule has 0 heterocycles. The Morgan fingerprint density at radius 1 is 1.00 bits per heavy atom. The number of sulfonamides is 1.